The van der Waals surface area contributed by atoms with Crippen LogP contribution in [0.15, 0.2) is 18.2 Å². The molecule has 0 fully saturated rings. The smallest absolute Gasteiger partial charge is 0.240 e. The first-order valence-corrected chi connectivity index (χ1v) is 8.59. The SMILES string of the molecule is CC(C)c1cccc(C(C)C)c1NS(=O)(=O)CC(=O)S. The van der Waals surface area contributed by atoms with Gasteiger partial charge in [-0.25, -0.2) is 8.42 Å². The number of carbonyl (C=O) groups is 1. The average Bonchev–Trinajstić information content (AvgIpc) is 2.25. The van der Waals surface area contributed by atoms with E-state index in [1.807, 2.05) is 45.9 Å². The molecule has 4 nitrogen and oxygen atoms in total. The monoisotopic (exact) mass is 315 g/mol. The highest BCUT2D eigenvalue weighted by Gasteiger charge is 2.20. The van der Waals surface area contributed by atoms with Crippen LogP contribution in [0.5, 0.6) is 0 Å². The van der Waals surface area contributed by atoms with Crippen molar-refractivity contribution >= 4 is 33.5 Å². The van der Waals surface area contributed by atoms with Gasteiger partial charge in [-0.1, -0.05) is 45.9 Å². The molecule has 0 aliphatic rings. The molecule has 0 aromatic heterocycles. The second-order valence-corrected chi connectivity index (χ2v) is 7.60. The van der Waals surface area contributed by atoms with Gasteiger partial charge in [0, 0.05) is 0 Å². The van der Waals surface area contributed by atoms with Crippen molar-refractivity contribution in [2.75, 3.05) is 10.5 Å². The fraction of sp³-hybridized carbons (Fsp3) is 0.500. The molecule has 0 spiro atoms. The van der Waals surface area contributed by atoms with Gasteiger partial charge in [0.15, 0.2) is 0 Å². The second-order valence-electron chi connectivity index (χ2n) is 5.38. The van der Waals surface area contributed by atoms with Gasteiger partial charge in [0.25, 0.3) is 0 Å². The summed E-state index contributed by atoms with van der Waals surface area (Å²) in [4.78, 5) is 10.9. The van der Waals surface area contributed by atoms with Gasteiger partial charge in [0.1, 0.15) is 5.75 Å². The Morgan fingerprint density at radius 3 is 1.95 bits per heavy atom. The number of nitrogens with one attached hydrogen (secondary N) is 1. The van der Waals surface area contributed by atoms with E-state index in [0.717, 1.165) is 11.1 Å². The van der Waals surface area contributed by atoms with Crippen LogP contribution in [0.3, 0.4) is 0 Å². The van der Waals surface area contributed by atoms with Crippen molar-refractivity contribution in [3.05, 3.63) is 29.3 Å². The van der Waals surface area contributed by atoms with Gasteiger partial charge in [-0.15, -0.1) is 12.6 Å². The van der Waals surface area contributed by atoms with Crippen molar-refractivity contribution in [2.45, 2.75) is 39.5 Å². The number of para-hydroxylation sites is 1. The minimum Gasteiger partial charge on any atom is -0.286 e. The molecule has 0 radical (unpaired) electrons. The first-order valence-electron chi connectivity index (χ1n) is 6.49. The summed E-state index contributed by atoms with van der Waals surface area (Å²) in [5.74, 6) is -0.267. The molecular weight excluding hydrogens is 294 g/mol. The lowest BCUT2D eigenvalue weighted by molar-refractivity contribution is -0.108. The van der Waals surface area contributed by atoms with E-state index in [4.69, 9.17) is 0 Å². The predicted molar refractivity (Wildman–Crippen MR) is 86.0 cm³/mol. The Morgan fingerprint density at radius 2 is 1.60 bits per heavy atom. The largest absolute Gasteiger partial charge is 0.286 e. The van der Waals surface area contributed by atoms with Crippen LogP contribution in [0.25, 0.3) is 0 Å². The third-order valence-electron chi connectivity index (χ3n) is 2.94. The Labute approximate surface area is 126 Å². The highest BCUT2D eigenvalue weighted by molar-refractivity contribution is 8.01. The number of carbonyl (C=O) groups excluding carboxylic acids is 1. The lowest BCUT2D eigenvalue weighted by atomic mass is 9.93. The standard InChI is InChI=1S/C14H21NO3S2/c1-9(2)11-6-5-7-12(10(3)4)14(11)15-20(17,18)8-13(16)19/h5-7,9-10,15H,8H2,1-4H3,(H,16,19). The van der Waals surface area contributed by atoms with Gasteiger partial charge >= 0.3 is 0 Å². The van der Waals surface area contributed by atoms with Gasteiger partial charge in [0.2, 0.25) is 15.1 Å². The van der Waals surface area contributed by atoms with E-state index in [0.29, 0.717) is 5.69 Å². The predicted octanol–water partition coefficient (Wildman–Crippen LogP) is 3.13. The molecule has 20 heavy (non-hydrogen) atoms. The lowest BCUT2D eigenvalue weighted by Crippen LogP contribution is -2.22. The zero-order valence-electron chi connectivity index (χ0n) is 12.2. The summed E-state index contributed by atoms with van der Waals surface area (Å²) in [6, 6.07) is 5.72. The fourth-order valence-electron chi connectivity index (χ4n) is 2.02. The van der Waals surface area contributed by atoms with E-state index in [1.54, 1.807) is 0 Å². The molecule has 112 valence electrons. The van der Waals surface area contributed by atoms with Gasteiger partial charge in [-0.2, -0.15) is 0 Å². The van der Waals surface area contributed by atoms with E-state index in [1.165, 1.54) is 0 Å². The van der Waals surface area contributed by atoms with E-state index < -0.39 is 20.9 Å². The summed E-state index contributed by atoms with van der Waals surface area (Å²) < 4.78 is 26.5. The molecule has 0 saturated heterocycles. The first kappa shape index (κ1) is 17.0. The molecule has 1 aromatic rings. The third-order valence-corrected chi connectivity index (χ3v) is 4.47. The normalized spacial score (nSPS) is 11.9. The number of hydrogen-bond acceptors (Lipinski definition) is 3. The highest BCUT2D eigenvalue weighted by Crippen LogP contribution is 2.33. The summed E-state index contributed by atoms with van der Waals surface area (Å²) in [7, 11) is -3.72. The summed E-state index contributed by atoms with van der Waals surface area (Å²) in [6.45, 7) is 8.00. The van der Waals surface area contributed by atoms with Crippen LogP contribution in [-0.4, -0.2) is 19.3 Å². The maximum atomic E-state index is 12.0. The van der Waals surface area contributed by atoms with Crippen molar-refractivity contribution in [1.29, 1.82) is 0 Å². The molecule has 1 rings (SSSR count). The van der Waals surface area contributed by atoms with E-state index >= 15 is 0 Å². The first-order chi connectivity index (χ1) is 9.14. The average molecular weight is 315 g/mol. The second kappa shape index (κ2) is 6.63. The molecule has 1 aromatic carbocycles. The van der Waals surface area contributed by atoms with Gasteiger partial charge in [-0.05, 0) is 23.0 Å². The van der Waals surface area contributed by atoms with Crippen molar-refractivity contribution < 1.29 is 13.2 Å². The summed E-state index contributed by atoms with van der Waals surface area (Å²) in [5.41, 5.74) is 2.44. The summed E-state index contributed by atoms with van der Waals surface area (Å²) in [5, 5.41) is -0.675. The number of anilines is 1. The van der Waals surface area contributed by atoms with E-state index in [9.17, 15) is 13.2 Å². The number of thiol groups is 1. The molecule has 1 N–H and O–H groups in total. The van der Waals surface area contributed by atoms with Crippen LogP contribution in [0, 0.1) is 0 Å². The Bertz CT molecular complexity index is 566. The molecule has 0 aliphatic carbocycles. The van der Waals surface area contributed by atoms with Gasteiger partial charge in [-0.3, -0.25) is 9.52 Å². The third kappa shape index (κ3) is 4.52. The Hall–Kier alpha value is -1.01. The fourth-order valence-corrected chi connectivity index (χ4v) is 3.48. The van der Waals surface area contributed by atoms with Crippen molar-refractivity contribution in [3.8, 4) is 0 Å². The lowest BCUT2D eigenvalue weighted by Gasteiger charge is -2.20. The summed E-state index contributed by atoms with van der Waals surface area (Å²) in [6.07, 6.45) is 0. The van der Waals surface area contributed by atoms with Crippen LogP contribution in [0.4, 0.5) is 5.69 Å². The van der Waals surface area contributed by atoms with Crippen LogP contribution >= 0.6 is 12.6 Å². The number of benzene rings is 1. The molecule has 0 saturated carbocycles. The van der Waals surface area contributed by atoms with E-state index in [2.05, 4.69) is 17.4 Å². The maximum Gasteiger partial charge on any atom is 0.240 e. The van der Waals surface area contributed by atoms with Crippen molar-refractivity contribution in [1.82, 2.24) is 0 Å². The molecular formula is C14H21NO3S2. The zero-order chi connectivity index (χ0) is 15.5. The molecule has 0 bridgehead atoms. The Morgan fingerprint density at radius 1 is 1.15 bits per heavy atom. The highest BCUT2D eigenvalue weighted by atomic mass is 32.2. The minimum atomic E-state index is -3.72. The molecule has 0 aliphatic heterocycles. The number of sulfonamides is 1. The minimum absolute atomic E-state index is 0.179. The van der Waals surface area contributed by atoms with Gasteiger partial charge in [0.05, 0.1) is 5.69 Å². The topological polar surface area (TPSA) is 63.2 Å². The van der Waals surface area contributed by atoms with Crippen molar-refractivity contribution in [3.63, 3.8) is 0 Å². The van der Waals surface area contributed by atoms with Crippen LogP contribution in [-0.2, 0) is 14.8 Å². The molecule has 0 heterocycles. The van der Waals surface area contributed by atoms with Gasteiger partial charge < -0.3 is 0 Å². The van der Waals surface area contributed by atoms with E-state index in [-0.39, 0.29) is 11.8 Å². The Kier molecular flexibility index (Phi) is 5.65. The Balaban J connectivity index is 3.31. The molecule has 0 unspecified atom stereocenters. The molecule has 6 heteroatoms. The number of hydrogen-bond donors (Lipinski definition) is 2. The number of rotatable bonds is 6. The zero-order valence-corrected chi connectivity index (χ0v) is 13.9. The van der Waals surface area contributed by atoms with Crippen LogP contribution in [0.2, 0.25) is 0 Å². The van der Waals surface area contributed by atoms with Crippen molar-refractivity contribution in [2.24, 2.45) is 0 Å². The molecule has 0 atom stereocenters. The molecule has 0 amide bonds. The van der Waals surface area contributed by atoms with Crippen LogP contribution in [0.1, 0.15) is 50.7 Å². The maximum absolute atomic E-state index is 12.0. The summed E-state index contributed by atoms with van der Waals surface area (Å²) >= 11 is 3.53. The quantitative estimate of drug-likeness (QED) is 0.793. The van der Waals surface area contributed by atoms with Crippen LogP contribution < -0.4 is 4.72 Å².